The number of anilines is 1. The van der Waals surface area contributed by atoms with Gasteiger partial charge >= 0.3 is 6.18 Å². The minimum atomic E-state index is -4.46. The number of rotatable bonds is 14. The first-order valence-corrected chi connectivity index (χ1v) is 17.0. The molecular formula is C40H44F3N5O3. The molecule has 0 radical (unpaired) electrons. The number of hydrogen-bond donors (Lipinski definition) is 0. The second-order valence-corrected chi connectivity index (χ2v) is 12.7. The maximum Gasteiger partial charge on any atom is 0.416 e. The normalized spacial score (nSPS) is 14.4. The topological polar surface area (TPSA) is 69.2 Å². The van der Waals surface area contributed by atoms with E-state index in [1.165, 1.54) is 29.8 Å². The lowest BCUT2D eigenvalue weighted by atomic mass is 10.0. The molecule has 51 heavy (non-hydrogen) atoms. The maximum atomic E-state index is 14.5. The van der Waals surface area contributed by atoms with E-state index in [1.54, 1.807) is 18.2 Å². The zero-order valence-electron chi connectivity index (χ0n) is 29.0. The highest BCUT2D eigenvalue weighted by Crippen LogP contribution is 2.29. The molecule has 5 rings (SSSR count). The highest BCUT2D eigenvalue weighted by Gasteiger charge is 2.34. The van der Waals surface area contributed by atoms with Crippen molar-refractivity contribution in [2.75, 3.05) is 58.4 Å². The molecule has 1 fully saturated rings. The van der Waals surface area contributed by atoms with Gasteiger partial charge in [-0.2, -0.15) is 13.2 Å². The third-order valence-electron chi connectivity index (χ3n) is 8.99. The van der Waals surface area contributed by atoms with Crippen molar-refractivity contribution in [3.63, 3.8) is 0 Å². The van der Waals surface area contributed by atoms with Gasteiger partial charge in [-0.1, -0.05) is 78.9 Å². The molecular weight excluding hydrogens is 655 g/mol. The Labute approximate surface area is 297 Å². The van der Waals surface area contributed by atoms with Gasteiger partial charge in [0.2, 0.25) is 11.8 Å². The van der Waals surface area contributed by atoms with Crippen molar-refractivity contribution in [2.24, 2.45) is 0 Å². The van der Waals surface area contributed by atoms with E-state index in [2.05, 4.69) is 22.0 Å². The van der Waals surface area contributed by atoms with Gasteiger partial charge in [-0.25, -0.2) is 4.98 Å². The van der Waals surface area contributed by atoms with Gasteiger partial charge in [-0.3, -0.25) is 14.5 Å². The van der Waals surface area contributed by atoms with Crippen LogP contribution in [0, 0.1) is 0 Å². The zero-order chi connectivity index (χ0) is 36.2. The highest BCUT2D eigenvalue weighted by atomic mass is 19.4. The Balaban J connectivity index is 1.41. The van der Waals surface area contributed by atoms with Crippen molar-refractivity contribution in [2.45, 2.75) is 31.7 Å². The summed E-state index contributed by atoms with van der Waals surface area (Å²) >= 11 is 0. The molecule has 4 aromatic rings. The molecule has 1 saturated heterocycles. The zero-order valence-corrected chi connectivity index (χ0v) is 29.0. The summed E-state index contributed by atoms with van der Waals surface area (Å²) in [6.45, 7) is 4.51. The van der Waals surface area contributed by atoms with Gasteiger partial charge in [-0.15, -0.1) is 0 Å². The average Bonchev–Trinajstić information content (AvgIpc) is 3.15. The fraction of sp³-hybridized carbons (Fsp3) is 0.325. The molecule has 0 saturated carbocycles. The lowest BCUT2D eigenvalue weighted by molar-refractivity contribution is -0.145. The fourth-order valence-electron chi connectivity index (χ4n) is 6.01. The van der Waals surface area contributed by atoms with E-state index < -0.39 is 23.7 Å². The van der Waals surface area contributed by atoms with Crippen LogP contribution in [-0.4, -0.2) is 91.0 Å². The van der Waals surface area contributed by atoms with E-state index in [0.717, 1.165) is 35.6 Å². The molecule has 2 heterocycles. The van der Waals surface area contributed by atoms with E-state index in [4.69, 9.17) is 4.74 Å². The molecule has 11 heteroatoms. The van der Waals surface area contributed by atoms with E-state index in [0.29, 0.717) is 44.9 Å². The number of alkyl halides is 3. The van der Waals surface area contributed by atoms with Crippen LogP contribution in [0.4, 0.5) is 19.0 Å². The van der Waals surface area contributed by atoms with Gasteiger partial charge in [0, 0.05) is 78.7 Å². The molecule has 1 aliphatic heterocycles. The van der Waals surface area contributed by atoms with Gasteiger partial charge in [-0.05, 0) is 46.5 Å². The Kier molecular flexibility index (Phi) is 13.0. The van der Waals surface area contributed by atoms with E-state index in [9.17, 15) is 22.8 Å². The van der Waals surface area contributed by atoms with Crippen LogP contribution in [0.5, 0.6) is 0 Å². The lowest BCUT2D eigenvalue weighted by Crippen LogP contribution is -2.56. The summed E-state index contributed by atoms with van der Waals surface area (Å²) in [5, 5.41) is 0. The Morgan fingerprint density at radius 1 is 0.863 bits per heavy atom. The number of ether oxygens (including phenoxy) is 1. The first-order chi connectivity index (χ1) is 24.6. The molecule has 1 atom stereocenters. The molecule has 8 nitrogen and oxygen atoms in total. The number of aromatic nitrogens is 1. The van der Waals surface area contributed by atoms with Crippen molar-refractivity contribution < 1.29 is 27.5 Å². The van der Waals surface area contributed by atoms with Crippen molar-refractivity contribution in [3.05, 3.63) is 137 Å². The Hall–Kier alpha value is -5.00. The molecule has 1 aromatic heterocycles. The largest absolute Gasteiger partial charge is 0.416 e. The molecule has 0 N–H and O–H groups in total. The number of carbonyl (C=O) groups excluding carboxylic acids is 2. The molecule has 0 bridgehead atoms. The van der Waals surface area contributed by atoms with Crippen molar-refractivity contribution in [1.29, 1.82) is 0 Å². The van der Waals surface area contributed by atoms with Gasteiger partial charge in [0.05, 0.1) is 12.2 Å². The van der Waals surface area contributed by atoms with E-state index in [1.807, 2.05) is 77.5 Å². The number of amides is 2. The van der Waals surface area contributed by atoms with Crippen molar-refractivity contribution >= 4 is 23.7 Å². The summed E-state index contributed by atoms with van der Waals surface area (Å²) in [4.78, 5) is 40.9. The molecule has 1 aliphatic rings. The van der Waals surface area contributed by atoms with Crippen LogP contribution in [0.2, 0.25) is 0 Å². The number of hydrogen-bond acceptors (Lipinski definition) is 6. The van der Waals surface area contributed by atoms with Gasteiger partial charge < -0.3 is 19.4 Å². The summed E-state index contributed by atoms with van der Waals surface area (Å²) in [5.41, 5.74) is 2.50. The number of pyridine rings is 1. The van der Waals surface area contributed by atoms with Crippen molar-refractivity contribution in [1.82, 2.24) is 19.7 Å². The molecule has 0 spiro atoms. The predicted octanol–water partition coefficient (Wildman–Crippen LogP) is 6.18. The SMILES string of the molecule is COCCN(C)c1ccc(CN(C(=O)C=Cc2ccc(C(F)(F)F)cc2)[C@@H](Cc2ccccc2)C(=O)N2CCN(Cc3ccccc3)CC2)cn1. The van der Waals surface area contributed by atoms with Crippen LogP contribution in [-0.2, 0) is 40.0 Å². The van der Waals surface area contributed by atoms with Crippen LogP contribution >= 0.6 is 0 Å². The standard InChI is InChI=1S/C40H44F3N5O3/c1-45(25-26-51-2)37-19-15-34(28-44-37)30-48(38(49)20-16-31-13-17-35(18-14-31)40(41,42)43)36(27-32-9-5-3-6-10-32)39(50)47-23-21-46(22-24-47)29-33-11-7-4-8-12-33/h3-20,28,36H,21-27,29-30H2,1-2H3/t36-/m0/s1. The summed E-state index contributed by atoms with van der Waals surface area (Å²) in [6.07, 6.45) is 0.328. The van der Waals surface area contributed by atoms with Gasteiger partial charge in [0.25, 0.3) is 0 Å². The first kappa shape index (κ1) is 37.3. The predicted molar refractivity (Wildman–Crippen MR) is 193 cm³/mol. The monoisotopic (exact) mass is 699 g/mol. The third kappa shape index (κ3) is 10.7. The quantitative estimate of drug-likeness (QED) is 0.147. The van der Waals surface area contributed by atoms with Gasteiger partial charge in [0.1, 0.15) is 11.9 Å². The van der Waals surface area contributed by atoms with E-state index >= 15 is 0 Å². The second kappa shape index (κ2) is 17.8. The summed E-state index contributed by atoms with van der Waals surface area (Å²) in [5.74, 6) is 0.146. The van der Waals surface area contributed by atoms with Crippen LogP contribution in [0.1, 0.15) is 27.8 Å². The third-order valence-corrected chi connectivity index (χ3v) is 8.99. The molecule has 0 aliphatic carbocycles. The highest BCUT2D eigenvalue weighted by molar-refractivity contribution is 5.95. The average molecular weight is 700 g/mol. The Bertz CT molecular complexity index is 1710. The summed E-state index contributed by atoms with van der Waals surface area (Å²) in [7, 11) is 3.55. The number of methoxy groups -OCH3 is 1. The van der Waals surface area contributed by atoms with Crippen LogP contribution < -0.4 is 4.90 Å². The van der Waals surface area contributed by atoms with Gasteiger partial charge in [0.15, 0.2) is 0 Å². The van der Waals surface area contributed by atoms with E-state index in [-0.39, 0.29) is 18.9 Å². The van der Waals surface area contributed by atoms with Crippen LogP contribution in [0.15, 0.2) is 109 Å². The lowest BCUT2D eigenvalue weighted by Gasteiger charge is -2.39. The first-order valence-electron chi connectivity index (χ1n) is 17.0. The number of likely N-dealkylation sites (N-methyl/N-ethyl adjacent to an activating group) is 1. The Morgan fingerprint density at radius 2 is 1.51 bits per heavy atom. The molecule has 2 amide bonds. The Morgan fingerprint density at radius 3 is 2.10 bits per heavy atom. The van der Waals surface area contributed by atoms with Crippen molar-refractivity contribution in [3.8, 4) is 0 Å². The maximum absolute atomic E-state index is 14.5. The molecule has 3 aromatic carbocycles. The number of halogens is 3. The summed E-state index contributed by atoms with van der Waals surface area (Å²) < 4.78 is 44.7. The number of carbonyl (C=O) groups is 2. The smallest absolute Gasteiger partial charge is 0.383 e. The second-order valence-electron chi connectivity index (χ2n) is 12.7. The summed E-state index contributed by atoms with van der Waals surface area (Å²) in [6, 6.07) is 27.3. The minimum Gasteiger partial charge on any atom is -0.383 e. The van der Waals surface area contributed by atoms with Crippen LogP contribution in [0.3, 0.4) is 0 Å². The van der Waals surface area contributed by atoms with Crippen LogP contribution in [0.25, 0.3) is 6.08 Å². The number of piperazine rings is 1. The molecule has 268 valence electrons. The fourth-order valence-corrected chi connectivity index (χ4v) is 6.01. The molecule has 0 unspecified atom stereocenters. The minimum absolute atomic E-state index is 0.0997. The number of benzene rings is 3. The number of nitrogens with zero attached hydrogens (tertiary/aromatic N) is 5.